The Labute approximate surface area is 140 Å². The molecule has 1 aromatic carbocycles. The zero-order valence-corrected chi connectivity index (χ0v) is 13.6. The lowest BCUT2D eigenvalue weighted by Crippen LogP contribution is -2.33. The third kappa shape index (κ3) is 4.75. The van der Waals surface area contributed by atoms with Crippen LogP contribution in [0.25, 0.3) is 0 Å². The lowest BCUT2D eigenvalue weighted by molar-refractivity contribution is -0.115. The number of hydrogen-bond acceptors (Lipinski definition) is 6. The number of rotatable bonds is 4. The van der Waals surface area contributed by atoms with Gasteiger partial charge in [-0.3, -0.25) is 4.79 Å². The van der Waals surface area contributed by atoms with Crippen LogP contribution in [0.5, 0.6) is 0 Å². The van der Waals surface area contributed by atoms with Crippen molar-refractivity contribution in [3.63, 3.8) is 0 Å². The maximum atomic E-state index is 12.0. The van der Waals surface area contributed by atoms with Crippen molar-refractivity contribution in [1.82, 2.24) is 15.5 Å². The van der Waals surface area contributed by atoms with Crippen molar-refractivity contribution in [2.24, 2.45) is 0 Å². The average molecular weight is 339 g/mol. The highest BCUT2D eigenvalue weighted by Crippen LogP contribution is 2.16. The fourth-order valence-corrected chi connectivity index (χ4v) is 2.18. The minimum absolute atomic E-state index is 0. The molecule has 8 heteroatoms. The van der Waals surface area contributed by atoms with Crippen LogP contribution in [0, 0.1) is 6.92 Å². The Kier molecular flexibility index (Phi) is 6.09. The van der Waals surface area contributed by atoms with E-state index in [2.05, 4.69) is 20.8 Å². The van der Waals surface area contributed by atoms with Crippen LogP contribution in [0.15, 0.2) is 28.8 Å². The van der Waals surface area contributed by atoms with Gasteiger partial charge in [-0.1, -0.05) is 22.9 Å². The van der Waals surface area contributed by atoms with Gasteiger partial charge in [0.05, 0.1) is 13.0 Å². The smallest absolute Gasteiger partial charge is 0.257 e. The van der Waals surface area contributed by atoms with Crippen LogP contribution >= 0.6 is 12.4 Å². The average Bonchev–Trinajstić information content (AvgIpc) is 2.99. The van der Waals surface area contributed by atoms with Crippen LogP contribution < -0.4 is 10.6 Å². The number of halogens is 1. The zero-order valence-electron chi connectivity index (χ0n) is 12.7. The number of anilines is 1. The second-order valence-electron chi connectivity index (χ2n) is 5.20. The highest BCUT2D eigenvalue weighted by atomic mass is 35.5. The minimum Gasteiger partial charge on any atom is -0.366 e. The molecule has 1 atom stereocenters. The lowest BCUT2D eigenvalue weighted by atomic mass is 10.2. The summed E-state index contributed by atoms with van der Waals surface area (Å²) in [4.78, 5) is 16.2. The maximum absolute atomic E-state index is 12.0. The Balaban J connectivity index is 0.00000192. The molecule has 3 rings (SSSR count). The number of carbonyl (C=O) groups excluding carboxylic acids is 1. The van der Waals surface area contributed by atoms with Crippen LogP contribution in [-0.2, 0) is 16.0 Å². The molecule has 1 amide bonds. The number of hydrogen-bond donors (Lipinski definition) is 2. The first kappa shape index (κ1) is 17.4. The molecule has 23 heavy (non-hydrogen) atoms. The molecule has 0 spiro atoms. The highest BCUT2D eigenvalue weighted by molar-refractivity contribution is 5.91. The molecular formula is C15H19ClN4O3. The van der Waals surface area contributed by atoms with Crippen LogP contribution in [-0.4, -0.2) is 35.7 Å². The first-order valence-corrected chi connectivity index (χ1v) is 7.22. The van der Waals surface area contributed by atoms with E-state index in [-0.39, 0.29) is 30.8 Å². The summed E-state index contributed by atoms with van der Waals surface area (Å²) in [5.74, 6) is 0.581. The van der Waals surface area contributed by atoms with Gasteiger partial charge in [-0.15, -0.1) is 12.4 Å². The number of ether oxygens (including phenoxy) is 1. The lowest BCUT2D eigenvalue weighted by Gasteiger charge is -2.19. The second kappa shape index (κ2) is 8.05. The van der Waals surface area contributed by atoms with Crippen LogP contribution in [0.1, 0.15) is 23.4 Å². The molecule has 0 saturated carbocycles. The summed E-state index contributed by atoms with van der Waals surface area (Å²) in [6, 6.07) is 7.60. The third-order valence-electron chi connectivity index (χ3n) is 3.34. The van der Waals surface area contributed by atoms with Crippen molar-refractivity contribution in [3.8, 4) is 0 Å². The Morgan fingerprint density at radius 3 is 2.87 bits per heavy atom. The van der Waals surface area contributed by atoms with Gasteiger partial charge in [0.25, 0.3) is 5.89 Å². The summed E-state index contributed by atoms with van der Waals surface area (Å²) in [5, 5.41) is 9.82. The highest BCUT2D eigenvalue weighted by Gasteiger charge is 2.22. The van der Waals surface area contributed by atoms with Crippen LogP contribution in [0.4, 0.5) is 5.69 Å². The molecule has 2 heterocycles. The van der Waals surface area contributed by atoms with E-state index in [0.29, 0.717) is 24.9 Å². The molecule has 1 saturated heterocycles. The van der Waals surface area contributed by atoms with E-state index in [1.165, 1.54) is 0 Å². The van der Waals surface area contributed by atoms with Gasteiger partial charge in [0.15, 0.2) is 5.82 Å². The Morgan fingerprint density at radius 1 is 1.39 bits per heavy atom. The van der Waals surface area contributed by atoms with E-state index >= 15 is 0 Å². The van der Waals surface area contributed by atoms with E-state index in [0.717, 1.165) is 17.8 Å². The minimum atomic E-state index is -0.241. The van der Waals surface area contributed by atoms with E-state index in [1.54, 1.807) is 0 Å². The SMILES string of the molecule is Cc1ccc(NC(=O)Cc2noc([C@H]3CNCCO3)n2)cc1.Cl. The standard InChI is InChI=1S/C15H18N4O3.ClH/c1-10-2-4-11(5-3-10)17-14(20)8-13-18-15(22-19-13)12-9-16-6-7-21-12;/h2-5,12,16H,6-9H2,1H3,(H,17,20);1H/t12-;/m1./s1. The summed E-state index contributed by atoms with van der Waals surface area (Å²) < 4.78 is 10.7. The number of carbonyl (C=O) groups is 1. The zero-order chi connectivity index (χ0) is 15.4. The molecule has 124 valence electrons. The monoisotopic (exact) mass is 338 g/mol. The molecule has 0 bridgehead atoms. The quantitative estimate of drug-likeness (QED) is 0.881. The normalized spacial score (nSPS) is 17.3. The third-order valence-corrected chi connectivity index (χ3v) is 3.34. The van der Waals surface area contributed by atoms with Gasteiger partial charge in [0, 0.05) is 18.8 Å². The van der Waals surface area contributed by atoms with Crippen molar-refractivity contribution in [2.45, 2.75) is 19.4 Å². The number of morpholine rings is 1. The van der Waals surface area contributed by atoms with Gasteiger partial charge >= 0.3 is 0 Å². The van der Waals surface area contributed by atoms with E-state index < -0.39 is 0 Å². The molecule has 2 N–H and O–H groups in total. The molecule has 2 aromatic rings. The Hall–Kier alpha value is -1.96. The number of nitrogens with one attached hydrogen (secondary N) is 2. The van der Waals surface area contributed by atoms with Crippen molar-refractivity contribution in [3.05, 3.63) is 41.5 Å². The Bertz CT molecular complexity index is 638. The number of nitrogens with zero attached hydrogens (tertiary/aromatic N) is 2. The summed E-state index contributed by atoms with van der Waals surface area (Å²) in [5.41, 5.74) is 1.89. The van der Waals surface area contributed by atoms with Crippen molar-refractivity contribution in [2.75, 3.05) is 25.0 Å². The number of aryl methyl sites for hydroxylation is 1. The predicted octanol–water partition coefficient (Wildman–Crippen LogP) is 1.64. The Morgan fingerprint density at radius 2 is 2.17 bits per heavy atom. The molecule has 1 aliphatic rings. The molecular weight excluding hydrogens is 320 g/mol. The molecule has 7 nitrogen and oxygen atoms in total. The topological polar surface area (TPSA) is 89.3 Å². The van der Waals surface area contributed by atoms with E-state index in [4.69, 9.17) is 9.26 Å². The van der Waals surface area contributed by atoms with Crippen LogP contribution in [0.3, 0.4) is 0 Å². The largest absolute Gasteiger partial charge is 0.366 e. The van der Waals surface area contributed by atoms with Gasteiger partial charge < -0.3 is 19.9 Å². The molecule has 1 aromatic heterocycles. The number of aromatic nitrogens is 2. The fourth-order valence-electron chi connectivity index (χ4n) is 2.18. The first-order valence-electron chi connectivity index (χ1n) is 7.22. The van der Waals surface area contributed by atoms with Crippen molar-refractivity contribution >= 4 is 24.0 Å². The van der Waals surface area contributed by atoms with Crippen molar-refractivity contribution < 1.29 is 14.1 Å². The van der Waals surface area contributed by atoms with Crippen molar-refractivity contribution in [1.29, 1.82) is 0 Å². The number of benzene rings is 1. The number of amides is 1. The predicted molar refractivity (Wildman–Crippen MR) is 86.6 cm³/mol. The van der Waals surface area contributed by atoms with Gasteiger partial charge in [0.2, 0.25) is 5.91 Å². The molecule has 0 radical (unpaired) electrons. The summed E-state index contributed by atoms with van der Waals surface area (Å²) in [6.45, 7) is 4.05. The molecule has 0 unspecified atom stereocenters. The summed E-state index contributed by atoms with van der Waals surface area (Å²) in [7, 11) is 0. The summed E-state index contributed by atoms with van der Waals surface area (Å²) >= 11 is 0. The maximum Gasteiger partial charge on any atom is 0.257 e. The molecule has 0 aliphatic carbocycles. The van der Waals surface area contributed by atoms with E-state index in [9.17, 15) is 4.79 Å². The summed E-state index contributed by atoms with van der Waals surface area (Å²) in [6.07, 6.45) is -0.174. The van der Waals surface area contributed by atoms with Crippen LogP contribution in [0.2, 0.25) is 0 Å². The van der Waals surface area contributed by atoms with Gasteiger partial charge in [-0.25, -0.2) is 0 Å². The fraction of sp³-hybridized carbons (Fsp3) is 0.400. The first-order chi connectivity index (χ1) is 10.7. The molecule has 1 fully saturated rings. The molecule has 1 aliphatic heterocycles. The van der Waals surface area contributed by atoms with Gasteiger partial charge in [-0.2, -0.15) is 4.98 Å². The van der Waals surface area contributed by atoms with Gasteiger partial charge in [-0.05, 0) is 19.1 Å². The van der Waals surface area contributed by atoms with E-state index in [1.807, 2.05) is 31.2 Å². The van der Waals surface area contributed by atoms with Gasteiger partial charge in [0.1, 0.15) is 6.10 Å². The second-order valence-corrected chi connectivity index (χ2v) is 5.20.